The van der Waals surface area contributed by atoms with Crippen LogP contribution in [0, 0.1) is 5.41 Å². The van der Waals surface area contributed by atoms with E-state index in [9.17, 15) is 8.42 Å². The van der Waals surface area contributed by atoms with E-state index in [1.165, 1.54) is 7.11 Å². The van der Waals surface area contributed by atoms with Crippen LogP contribution in [0.5, 0.6) is 0 Å². The fraction of sp³-hybridized carbons (Fsp3) is 0.909. The Morgan fingerprint density at radius 2 is 1.89 bits per heavy atom. The van der Waals surface area contributed by atoms with Crippen molar-refractivity contribution >= 4 is 15.9 Å². The molecule has 1 aliphatic carbocycles. The first kappa shape index (κ1) is 15.4. The van der Waals surface area contributed by atoms with Crippen molar-refractivity contribution in [3.05, 3.63) is 0 Å². The molecule has 0 atom stereocenters. The highest BCUT2D eigenvalue weighted by Crippen LogP contribution is 2.27. The van der Waals surface area contributed by atoms with E-state index in [1.54, 1.807) is 0 Å². The predicted molar refractivity (Wildman–Crippen MR) is 71.1 cm³/mol. The molecule has 0 bridgehead atoms. The maximum atomic E-state index is 11.9. The number of sulfonamides is 1. The van der Waals surface area contributed by atoms with Gasteiger partial charge in [-0.3, -0.25) is 5.41 Å². The third-order valence-electron chi connectivity index (χ3n) is 3.38. The molecular formula is C11H23N3O3S. The number of nitrogens with one attached hydrogen (secondary N) is 2. The Morgan fingerprint density at radius 1 is 1.33 bits per heavy atom. The van der Waals surface area contributed by atoms with Crippen LogP contribution >= 0.6 is 0 Å². The van der Waals surface area contributed by atoms with E-state index in [1.807, 2.05) is 0 Å². The molecule has 0 unspecified atom stereocenters. The molecule has 6 nitrogen and oxygen atoms in total. The maximum Gasteiger partial charge on any atom is 0.214 e. The first-order valence-corrected chi connectivity index (χ1v) is 7.92. The minimum absolute atomic E-state index is 0.0783. The van der Waals surface area contributed by atoms with Crippen LogP contribution in [0.15, 0.2) is 0 Å². The molecule has 0 amide bonds. The van der Waals surface area contributed by atoms with Gasteiger partial charge in [0.05, 0.1) is 17.9 Å². The number of nitrogens with two attached hydrogens (primary N) is 1. The van der Waals surface area contributed by atoms with E-state index in [2.05, 4.69) is 4.72 Å². The quantitative estimate of drug-likeness (QED) is 0.375. The maximum absolute atomic E-state index is 11.9. The summed E-state index contributed by atoms with van der Waals surface area (Å²) in [6.45, 7) is 0.142. The summed E-state index contributed by atoms with van der Waals surface area (Å²) in [5.74, 6) is -0.177. The molecule has 0 spiro atoms. The molecule has 1 rings (SSSR count). The molecule has 1 aliphatic rings. The third kappa shape index (κ3) is 4.22. The first-order valence-electron chi connectivity index (χ1n) is 6.27. The van der Waals surface area contributed by atoms with Gasteiger partial charge >= 0.3 is 0 Å². The Kier molecular flexibility index (Phi) is 5.55. The van der Waals surface area contributed by atoms with Gasteiger partial charge in [-0.1, -0.05) is 25.7 Å². The lowest BCUT2D eigenvalue weighted by atomic mass is 9.90. The average Bonchev–Trinajstić information content (AvgIpc) is 2.52. The van der Waals surface area contributed by atoms with Gasteiger partial charge in [-0.15, -0.1) is 0 Å². The lowest BCUT2D eigenvalue weighted by Crippen LogP contribution is -2.57. The molecule has 0 heterocycles. The van der Waals surface area contributed by atoms with Gasteiger partial charge in [0.2, 0.25) is 10.0 Å². The van der Waals surface area contributed by atoms with E-state index in [0.717, 1.165) is 25.7 Å². The largest absolute Gasteiger partial charge is 0.386 e. The number of hydrogen-bond acceptors (Lipinski definition) is 4. The van der Waals surface area contributed by atoms with Crippen LogP contribution in [0.1, 0.15) is 38.5 Å². The Hall–Kier alpha value is -0.660. The van der Waals surface area contributed by atoms with Crippen LogP contribution in [-0.4, -0.2) is 39.3 Å². The molecule has 0 saturated heterocycles. The zero-order valence-electron chi connectivity index (χ0n) is 10.9. The van der Waals surface area contributed by atoms with Gasteiger partial charge < -0.3 is 10.5 Å². The fourth-order valence-electron chi connectivity index (χ4n) is 2.30. The number of methoxy groups -OCH3 is 1. The molecule has 0 aromatic heterocycles. The standard InChI is InChI=1S/C11H23N3O3S/c1-17-8-9-18(15,16)14-11(10(12)13)6-4-2-3-5-7-11/h14H,2-9H2,1H3,(H3,12,13). The van der Waals surface area contributed by atoms with Crippen LogP contribution in [-0.2, 0) is 14.8 Å². The van der Waals surface area contributed by atoms with Crippen LogP contribution in [0.4, 0.5) is 0 Å². The fourth-order valence-corrected chi connectivity index (χ4v) is 3.70. The minimum atomic E-state index is -3.46. The zero-order chi connectivity index (χ0) is 13.6. The van der Waals surface area contributed by atoms with Crippen molar-refractivity contribution in [1.82, 2.24) is 4.72 Å². The topological polar surface area (TPSA) is 105 Å². The summed E-state index contributed by atoms with van der Waals surface area (Å²) >= 11 is 0. The highest BCUT2D eigenvalue weighted by atomic mass is 32.2. The summed E-state index contributed by atoms with van der Waals surface area (Å²) in [5.41, 5.74) is 4.75. The smallest absolute Gasteiger partial charge is 0.214 e. The Labute approximate surface area is 109 Å². The Morgan fingerprint density at radius 3 is 2.33 bits per heavy atom. The summed E-state index contributed by atoms with van der Waals surface area (Å²) in [6, 6.07) is 0. The summed E-state index contributed by atoms with van der Waals surface area (Å²) in [6.07, 6.45) is 5.13. The second-order valence-electron chi connectivity index (χ2n) is 4.82. The summed E-state index contributed by atoms with van der Waals surface area (Å²) in [4.78, 5) is 0. The second-order valence-corrected chi connectivity index (χ2v) is 6.67. The van der Waals surface area contributed by atoms with Crippen molar-refractivity contribution in [3.8, 4) is 0 Å². The van der Waals surface area contributed by atoms with Crippen molar-refractivity contribution in [2.75, 3.05) is 19.5 Å². The molecule has 4 N–H and O–H groups in total. The molecule has 1 fully saturated rings. The van der Waals surface area contributed by atoms with Gasteiger partial charge in [-0.05, 0) is 12.8 Å². The molecule has 18 heavy (non-hydrogen) atoms. The van der Waals surface area contributed by atoms with Crippen LogP contribution in [0.2, 0.25) is 0 Å². The number of amidine groups is 1. The van der Waals surface area contributed by atoms with Crippen LogP contribution in [0.3, 0.4) is 0 Å². The van der Waals surface area contributed by atoms with E-state index in [-0.39, 0.29) is 18.2 Å². The highest BCUT2D eigenvalue weighted by Gasteiger charge is 2.37. The SMILES string of the molecule is COCCS(=O)(=O)NC1(C(=N)N)CCCCCC1. The van der Waals surface area contributed by atoms with E-state index < -0.39 is 15.6 Å². The summed E-state index contributed by atoms with van der Waals surface area (Å²) in [5, 5.41) is 7.71. The van der Waals surface area contributed by atoms with Crippen molar-refractivity contribution < 1.29 is 13.2 Å². The van der Waals surface area contributed by atoms with E-state index >= 15 is 0 Å². The molecule has 106 valence electrons. The van der Waals surface area contributed by atoms with Crippen molar-refractivity contribution in [1.29, 1.82) is 5.41 Å². The Balaban J connectivity index is 2.82. The molecule has 0 aromatic carbocycles. The van der Waals surface area contributed by atoms with Crippen molar-refractivity contribution in [3.63, 3.8) is 0 Å². The third-order valence-corrected chi connectivity index (χ3v) is 4.79. The van der Waals surface area contributed by atoms with Gasteiger partial charge in [0.1, 0.15) is 5.84 Å². The molecule has 0 radical (unpaired) electrons. The molecule has 0 aliphatic heterocycles. The molecule has 1 saturated carbocycles. The predicted octanol–water partition coefficient (Wildman–Crippen LogP) is 0.581. The van der Waals surface area contributed by atoms with E-state index in [0.29, 0.717) is 12.8 Å². The number of hydrogen-bond donors (Lipinski definition) is 3. The minimum Gasteiger partial charge on any atom is -0.386 e. The molecule has 0 aromatic rings. The summed E-state index contributed by atoms with van der Waals surface area (Å²) in [7, 11) is -2.00. The average molecular weight is 277 g/mol. The molecule has 7 heteroatoms. The first-order chi connectivity index (χ1) is 8.42. The van der Waals surface area contributed by atoms with Gasteiger partial charge in [-0.2, -0.15) is 0 Å². The van der Waals surface area contributed by atoms with Gasteiger partial charge in [0.15, 0.2) is 0 Å². The van der Waals surface area contributed by atoms with Gasteiger partial charge in [0.25, 0.3) is 0 Å². The number of ether oxygens (including phenoxy) is 1. The van der Waals surface area contributed by atoms with E-state index in [4.69, 9.17) is 15.9 Å². The van der Waals surface area contributed by atoms with Crippen LogP contribution < -0.4 is 10.5 Å². The lowest BCUT2D eigenvalue weighted by molar-refractivity contribution is 0.216. The normalized spacial score (nSPS) is 20.3. The molecular weight excluding hydrogens is 254 g/mol. The van der Waals surface area contributed by atoms with Gasteiger partial charge in [-0.25, -0.2) is 13.1 Å². The Bertz CT molecular complexity index is 373. The van der Waals surface area contributed by atoms with Crippen molar-refractivity contribution in [2.45, 2.75) is 44.1 Å². The number of rotatable bonds is 6. The monoisotopic (exact) mass is 277 g/mol. The lowest BCUT2D eigenvalue weighted by Gasteiger charge is -2.32. The van der Waals surface area contributed by atoms with Crippen LogP contribution in [0.25, 0.3) is 0 Å². The van der Waals surface area contributed by atoms with Gasteiger partial charge in [0, 0.05) is 7.11 Å². The highest BCUT2D eigenvalue weighted by molar-refractivity contribution is 7.89. The van der Waals surface area contributed by atoms with Crippen molar-refractivity contribution in [2.24, 2.45) is 5.73 Å². The second kappa shape index (κ2) is 6.49. The zero-order valence-corrected chi connectivity index (χ0v) is 11.7. The summed E-state index contributed by atoms with van der Waals surface area (Å²) < 4.78 is 31.3.